The van der Waals surface area contributed by atoms with Crippen LogP contribution in [0, 0.1) is 19.7 Å². The fourth-order valence-electron chi connectivity index (χ4n) is 2.88. The number of ketones is 1. The molecule has 0 atom stereocenters. The van der Waals surface area contributed by atoms with E-state index in [1.165, 1.54) is 18.2 Å². The van der Waals surface area contributed by atoms with Gasteiger partial charge in [-0.15, -0.1) is 0 Å². The molecule has 0 unspecified atom stereocenters. The molecule has 1 amide bonds. The first-order valence-corrected chi connectivity index (χ1v) is 9.77. The maximum absolute atomic E-state index is 13.1. The van der Waals surface area contributed by atoms with Crippen LogP contribution in [0.15, 0.2) is 60.7 Å². The molecule has 3 aromatic carbocycles. The zero-order valence-corrected chi connectivity index (χ0v) is 17.6. The minimum atomic E-state index is -0.812. The van der Waals surface area contributed by atoms with Crippen molar-refractivity contribution in [1.29, 1.82) is 0 Å². The number of rotatable bonds is 6. The Morgan fingerprint density at radius 3 is 2.32 bits per heavy atom. The lowest BCUT2D eigenvalue weighted by Crippen LogP contribution is -2.22. The van der Waals surface area contributed by atoms with Gasteiger partial charge in [0.05, 0.1) is 16.3 Å². The summed E-state index contributed by atoms with van der Waals surface area (Å²) in [7, 11) is 0. The number of ether oxygens (including phenoxy) is 1. The van der Waals surface area contributed by atoms with Gasteiger partial charge >= 0.3 is 5.97 Å². The second-order valence-electron chi connectivity index (χ2n) is 6.92. The van der Waals surface area contributed by atoms with Crippen LogP contribution in [0.1, 0.15) is 37.4 Å². The number of anilines is 1. The number of esters is 1. The minimum absolute atomic E-state index is 0.0176. The Morgan fingerprint density at radius 1 is 0.935 bits per heavy atom. The SMILES string of the molecule is Cc1ccc(C(=O)c2ccccc2C(=O)OCC(=O)Nc2ccc(F)cc2Cl)cc1C. The molecule has 0 spiro atoms. The second-order valence-corrected chi connectivity index (χ2v) is 7.33. The predicted molar refractivity (Wildman–Crippen MR) is 116 cm³/mol. The van der Waals surface area contributed by atoms with Crippen molar-refractivity contribution in [3.63, 3.8) is 0 Å². The molecule has 7 heteroatoms. The largest absolute Gasteiger partial charge is 0.452 e. The van der Waals surface area contributed by atoms with Gasteiger partial charge in [0.1, 0.15) is 5.82 Å². The van der Waals surface area contributed by atoms with Gasteiger partial charge in [-0.1, -0.05) is 41.9 Å². The number of carbonyl (C=O) groups is 3. The second kappa shape index (κ2) is 9.53. The van der Waals surface area contributed by atoms with Gasteiger partial charge < -0.3 is 10.1 Å². The molecule has 0 saturated carbocycles. The predicted octanol–water partition coefficient (Wildman–Crippen LogP) is 5.12. The summed E-state index contributed by atoms with van der Waals surface area (Å²) in [6, 6.07) is 15.0. The van der Waals surface area contributed by atoms with E-state index in [1.807, 2.05) is 19.9 Å². The number of halogens is 2. The molecule has 5 nitrogen and oxygen atoms in total. The normalized spacial score (nSPS) is 10.5. The van der Waals surface area contributed by atoms with Gasteiger partial charge in [-0.05, 0) is 55.3 Å². The van der Waals surface area contributed by atoms with Crippen LogP contribution in [0.5, 0.6) is 0 Å². The summed E-state index contributed by atoms with van der Waals surface area (Å²) in [5.74, 6) is -2.33. The average molecular weight is 440 g/mol. The van der Waals surface area contributed by atoms with Gasteiger partial charge in [-0.25, -0.2) is 9.18 Å². The highest BCUT2D eigenvalue weighted by Crippen LogP contribution is 2.22. The van der Waals surface area contributed by atoms with Gasteiger partial charge in [-0.2, -0.15) is 0 Å². The molecule has 31 heavy (non-hydrogen) atoms. The molecule has 0 aromatic heterocycles. The number of benzene rings is 3. The van der Waals surface area contributed by atoms with Crippen molar-refractivity contribution in [2.24, 2.45) is 0 Å². The molecule has 0 radical (unpaired) electrons. The Labute approximate surface area is 183 Å². The van der Waals surface area contributed by atoms with Crippen LogP contribution < -0.4 is 5.32 Å². The standard InChI is InChI=1S/C24H19ClFNO4/c1-14-7-8-16(11-15(14)2)23(29)18-5-3-4-6-19(18)24(30)31-13-22(28)27-21-10-9-17(26)12-20(21)25/h3-12H,13H2,1-2H3,(H,27,28). The van der Waals surface area contributed by atoms with E-state index in [0.29, 0.717) is 5.56 Å². The average Bonchev–Trinajstić information content (AvgIpc) is 2.75. The summed E-state index contributed by atoms with van der Waals surface area (Å²) < 4.78 is 18.2. The molecule has 0 saturated heterocycles. The zero-order valence-electron chi connectivity index (χ0n) is 16.9. The highest BCUT2D eigenvalue weighted by Gasteiger charge is 2.20. The van der Waals surface area contributed by atoms with E-state index in [9.17, 15) is 18.8 Å². The smallest absolute Gasteiger partial charge is 0.339 e. The Bertz CT molecular complexity index is 1180. The van der Waals surface area contributed by atoms with E-state index in [0.717, 1.165) is 23.3 Å². The number of carbonyl (C=O) groups excluding carboxylic acids is 3. The lowest BCUT2D eigenvalue weighted by molar-refractivity contribution is -0.119. The summed E-state index contributed by atoms with van der Waals surface area (Å²) in [5, 5.41) is 2.45. The third-order valence-electron chi connectivity index (χ3n) is 4.70. The zero-order chi connectivity index (χ0) is 22.5. The molecule has 0 aliphatic carbocycles. The van der Waals surface area contributed by atoms with Crippen molar-refractivity contribution in [2.45, 2.75) is 13.8 Å². The Kier molecular flexibility index (Phi) is 6.82. The summed E-state index contributed by atoms with van der Waals surface area (Å²) in [6.07, 6.45) is 0. The summed E-state index contributed by atoms with van der Waals surface area (Å²) >= 11 is 5.87. The molecule has 0 aliphatic rings. The van der Waals surface area contributed by atoms with E-state index in [1.54, 1.807) is 24.3 Å². The Hall–Kier alpha value is -3.51. The maximum atomic E-state index is 13.1. The van der Waals surface area contributed by atoms with E-state index in [-0.39, 0.29) is 27.6 Å². The quantitative estimate of drug-likeness (QED) is 0.427. The van der Waals surface area contributed by atoms with Gasteiger partial charge in [0.2, 0.25) is 0 Å². The maximum Gasteiger partial charge on any atom is 0.339 e. The van der Waals surface area contributed by atoms with Crippen LogP contribution in [0.4, 0.5) is 10.1 Å². The number of nitrogens with one attached hydrogen (secondary N) is 1. The molecule has 158 valence electrons. The lowest BCUT2D eigenvalue weighted by atomic mass is 9.96. The molecule has 0 heterocycles. The summed E-state index contributed by atoms with van der Waals surface area (Å²) in [6.45, 7) is 3.25. The van der Waals surface area contributed by atoms with E-state index in [4.69, 9.17) is 16.3 Å². The molecular formula is C24H19ClFNO4. The fraction of sp³-hybridized carbons (Fsp3) is 0.125. The fourth-order valence-corrected chi connectivity index (χ4v) is 3.10. The Balaban J connectivity index is 1.71. The number of aryl methyl sites for hydroxylation is 2. The van der Waals surface area contributed by atoms with E-state index < -0.39 is 24.3 Å². The molecule has 0 fully saturated rings. The van der Waals surface area contributed by atoms with Crippen molar-refractivity contribution in [3.05, 3.63) is 99.3 Å². The van der Waals surface area contributed by atoms with Crippen molar-refractivity contribution >= 4 is 34.9 Å². The van der Waals surface area contributed by atoms with Gasteiger partial charge in [-0.3, -0.25) is 9.59 Å². The molecule has 3 aromatic rings. The van der Waals surface area contributed by atoms with Gasteiger partial charge in [0.25, 0.3) is 5.91 Å². The topological polar surface area (TPSA) is 72.5 Å². The highest BCUT2D eigenvalue weighted by molar-refractivity contribution is 6.33. The van der Waals surface area contributed by atoms with E-state index in [2.05, 4.69) is 5.32 Å². The molecule has 0 bridgehead atoms. The molecular weight excluding hydrogens is 421 g/mol. The minimum Gasteiger partial charge on any atom is -0.452 e. The van der Waals surface area contributed by atoms with Crippen LogP contribution in [0.3, 0.4) is 0 Å². The first-order valence-electron chi connectivity index (χ1n) is 9.39. The monoisotopic (exact) mass is 439 g/mol. The van der Waals surface area contributed by atoms with Crippen molar-refractivity contribution in [2.75, 3.05) is 11.9 Å². The summed E-state index contributed by atoms with van der Waals surface area (Å²) in [5.41, 5.74) is 2.89. The third kappa shape index (κ3) is 5.35. The van der Waals surface area contributed by atoms with Crippen LogP contribution in [-0.4, -0.2) is 24.3 Å². The van der Waals surface area contributed by atoms with Crippen LogP contribution >= 0.6 is 11.6 Å². The van der Waals surface area contributed by atoms with Crippen molar-refractivity contribution in [1.82, 2.24) is 0 Å². The number of hydrogen-bond acceptors (Lipinski definition) is 4. The van der Waals surface area contributed by atoms with Gasteiger partial charge in [0, 0.05) is 11.1 Å². The number of amides is 1. The third-order valence-corrected chi connectivity index (χ3v) is 5.01. The van der Waals surface area contributed by atoms with E-state index >= 15 is 0 Å². The number of hydrogen-bond donors (Lipinski definition) is 1. The Morgan fingerprint density at radius 2 is 1.65 bits per heavy atom. The van der Waals surface area contributed by atoms with Crippen LogP contribution in [0.25, 0.3) is 0 Å². The first kappa shape index (κ1) is 22.2. The summed E-state index contributed by atoms with van der Waals surface area (Å²) in [4.78, 5) is 37.6. The van der Waals surface area contributed by atoms with Crippen LogP contribution in [-0.2, 0) is 9.53 Å². The molecule has 3 rings (SSSR count). The lowest BCUT2D eigenvalue weighted by Gasteiger charge is -2.11. The molecule has 1 N–H and O–H groups in total. The molecule has 0 aliphatic heterocycles. The van der Waals surface area contributed by atoms with Crippen LogP contribution in [0.2, 0.25) is 5.02 Å². The van der Waals surface area contributed by atoms with Crippen molar-refractivity contribution in [3.8, 4) is 0 Å². The first-order chi connectivity index (χ1) is 14.8. The van der Waals surface area contributed by atoms with Gasteiger partial charge in [0.15, 0.2) is 12.4 Å². The highest BCUT2D eigenvalue weighted by atomic mass is 35.5. The van der Waals surface area contributed by atoms with Crippen molar-refractivity contribution < 1.29 is 23.5 Å².